The van der Waals surface area contributed by atoms with Gasteiger partial charge in [0, 0.05) is 11.6 Å². The van der Waals surface area contributed by atoms with Gasteiger partial charge in [-0.25, -0.2) is 0 Å². The Labute approximate surface area is 84.9 Å². The first-order valence-corrected chi connectivity index (χ1v) is 4.34. The Balaban J connectivity index is 2.73. The number of nitrogens with two attached hydrogens (primary N) is 1. The zero-order chi connectivity index (χ0) is 11.5. The minimum atomic E-state index is -4.25. The molecule has 1 amide bonds. The maximum atomic E-state index is 12.2. The van der Waals surface area contributed by atoms with E-state index < -0.39 is 17.7 Å². The summed E-state index contributed by atoms with van der Waals surface area (Å²) in [7, 11) is 0. The smallest absolute Gasteiger partial charge is 0.366 e. The molecule has 0 bridgehead atoms. The fourth-order valence-electron chi connectivity index (χ4n) is 1.22. The van der Waals surface area contributed by atoms with Crippen molar-refractivity contribution in [3.8, 4) is 0 Å². The van der Waals surface area contributed by atoms with Crippen molar-refractivity contribution < 1.29 is 18.0 Å². The Hall–Kier alpha value is -1.52. The molecule has 0 radical (unpaired) electrons. The molecule has 0 fully saturated rings. The third kappa shape index (κ3) is 3.61. The molecule has 15 heavy (non-hydrogen) atoms. The van der Waals surface area contributed by atoms with Gasteiger partial charge in [0.05, 0.1) is 0 Å². The summed E-state index contributed by atoms with van der Waals surface area (Å²) in [5.74, 6) is -0.610. The first-order chi connectivity index (χ1) is 6.89. The van der Waals surface area contributed by atoms with E-state index >= 15 is 0 Å². The molecule has 0 spiro atoms. The molecule has 0 saturated heterocycles. The number of hydrogen-bond acceptors (Lipinski definition) is 1. The predicted octanol–water partition coefficient (Wildman–Crippen LogP) is 2.24. The van der Waals surface area contributed by atoms with Crippen LogP contribution in [0.1, 0.15) is 12.8 Å². The van der Waals surface area contributed by atoms with Crippen LogP contribution >= 0.6 is 0 Å². The number of carbonyl (C=O) groups excluding carboxylic acids is 1. The zero-order valence-electron chi connectivity index (χ0n) is 7.84. The van der Waals surface area contributed by atoms with Crippen molar-refractivity contribution in [2.75, 3.05) is 0 Å². The molecule has 0 aliphatic heterocycles. The van der Waals surface area contributed by atoms with Gasteiger partial charge in [0.15, 0.2) is 0 Å². The lowest BCUT2D eigenvalue weighted by Gasteiger charge is -2.14. The molecule has 1 rings (SSSR count). The highest BCUT2D eigenvalue weighted by Gasteiger charge is 2.33. The van der Waals surface area contributed by atoms with Gasteiger partial charge in [0.25, 0.3) is 0 Å². The maximum absolute atomic E-state index is 12.2. The van der Waals surface area contributed by atoms with Crippen molar-refractivity contribution in [3.05, 3.63) is 35.5 Å². The summed E-state index contributed by atoms with van der Waals surface area (Å²) in [4.78, 5) is 10.4. The van der Waals surface area contributed by atoms with E-state index in [1.807, 2.05) is 0 Å². The van der Waals surface area contributed by atoms with E-state index in [-0.39, 0.29) is 12.8 Å². The number of halogens is 3. The number of alkyl halides is 3. The highest BCUT2D eigenvalue weighted by atomic mass is 19.4. The summed E-state index contributed by atoms with van der Waals surface area (Å²) in [6, 6.07) is 0. The zero-order valence-corrected chi connectivity index (χ0v) is 7.84. The molecule has 0 aromatic carbocycles. The van der Waals surface area contributed by atoms with Crippen LogP contribution in [0.5, 0.6) is 0 Å². The van der Waals surface area contributed by atoms with Gasteiger partial charge in [-0.05, 0) is 18.4 Å². The highest BCUT2D eigenvalue weighted by Crippen LogP contribution is 2.32. The summed E-state index contributed by atoms with van der Waals surface area (Å²) in [5.41, 5.74) is 4.98. The van der Waals surface area contributed by atoms with Crippen molar-refractivity contribution in [2.45, 2.75) is 19.0 Å². The fourth-order valence-corrected chi connectivity index (χ4v) is 1.22. The minimum Gasteiger partial charge on any atom is -0.366 e. The van der Waals surface area contributed by atoms with Crippen LogP contribution in [0.15, 0.2) is 35.5 Å². The molecule has 1 aliphatic carbocycles. The van der Waals surface area contributed by atoms with Gasteiger partial charge >= 0.3 is 6.18 Å². The van der Waals surface area contributed by atoms with Crippen molar-refractivity contribution in [1.82, 2.24) is 0 Å². The van der Waals surface area contributed by atoms with Crippen LogP contribution in [-0.4, -0.2) is 12.1 Å². The normalized spacial score (nSPS) is 17.5. The lowest BCUT2D eigenvalue weighted by atomic mass is 9.98. The number of hydrogen-bond donors (Lipinski definition) is 1. The van der Waals surface area contributed by atoms with Gasteiger partial charge in [0.2, 0.25) is 5.91 Å². The Bertz CT molecular complexity index is 350. The van der Waals surface area contributed by atoms with Crippen LogP contribution in [0.2, 0.25) is 0 Å². The van der Waals surface area contributed by atoms with E-state index in [0.717, 1.165) is 12.2 Å². The second-order valence-electron chi connectivity index (χ2n) is 3.17. The third-order valence-corrected chi connectivity index (χ3v) is 2.01. The average Bonchev–Trinajstić information content (AvgIpc) is 2.14. The van der Waals surface area contributed by atoms with E-state index in [4.69, 9.17) is 5.73 Å². The van der Waals surface area contributed by atoms with Crippen molar-refractivity contribution >= 4 is 5.91 Å². The molecule has 0 heterocycles. The second-order valence-corrected chi connectivity index (χ2v) is 3.17. The van der Waals surface area contributed by atoms with Crippen LogP contribution in [0.4, 0.5) is 13.2 Å². The molecule has 1 aliphatic rings. The Morgan fingerprint density at radius 2 is 2.00 bits per heavy atom. The van der Waals surface area contributed by atoms with Gasteiger partial charge in [-0.1, -0.05) is 18.2 Å². The monoisotopic (exact) mass is 217 g/mol. The summed E-state index contributed by atoms with van der Waals surface area (Å²) in [6.45, 7) is 0. The van der Waals surface area contributed by atoms with Gasteiger partial charge in [0.1, 0.15) is 0 Å². The number of allylic oxidation sites excluding steroid dienone is 5. The van der Waals surface area contributed by atoms with E-state index in [1.54, 1.807) is 0 Å². The first kappa shape index (κ1) is 11.6. The molecule has 0 aromatic heterocycles. The van der Waals surface area contributed by atoms with Gasteiger partial charge < -0.3 is 5.73 Å². The van der Waals surface area contributed by atoms with Crippen LogP contribution in [-0.2, 0) is 4.79 Å². The standard InChI is InChI=1S/C10H10F3NO/c11-10(12,13)8-4-1-7(2-5-8)3-6-9(14)15/h1,3-4,6H,2,5H2,(H2,14,15)/b6-3+. The minimum absolute atomic E-state index is 0.0571. The van der Waals surface area contributed by atoms with Crippen LogP contribution in [0, 0.1) is 0 Å². The van der Waals surface area contributed by atoms with E-state index in [1.165, 1.54) is 12.2 Å². The van der Waals surface area contributed by atoms with Crippen LogP contribution in [0.25, 0.3) is 0 Å². The van der Waals surface area contributed by atoms with Crippen molar-refractivity contribution in [1.29, 1.82) is 0 Å². The third-order valence-electron chi connectivity index (χ3n) is 2.01. The molecule has 0 aromatic rings. The van der Waals surface area contributed by atoms with Gasteiger partial charge in [-0.15, -0.1) is 0 Å². The molecular formula is C10H10F3NO. The Kier molecular flexibility index (Phi) is 3.34. The van der Waals surface area contributed by atoms with E-state index in [9.17, 15) is 18.0 Å². The number of carbonyl (C=O) groups is 1. The highest BCUT2D eigenvalue weighted by molar-refractivity contribution is 5.86. The van der Waals surface area contributed by atoms with E-state index in [0.29, 0.717) is 5.57 Å². The fraction of sp³-hybridized carbons (Fsp3) is 0.300. The Morgan fingerprint density at radius 3 is 2.40 bits per heavy atom. The van der Waals surface area contributed by atoms with Crippen molar-refractivity contribution in [3.63, 3.8) is 0 Å². The topological polar surface area (TPSA) is 43.1 Å². The molecule has 82 valence electrons. The molecule has 0 saturated carbocycles. The molecule has 2 N–H and O–H groups in total. The average molecular weight is 217 g/mol. The lowest BCUT2D eigenvalue weighted by molar-refractivity contribution is -0.113. The summed E-state index contributed by atoms with van der Waals surface area (Å²) >= 11 is 0. The number of amides is 1. The van der Waals surface area contributed by atoms with Gasteiger partial charge in [-0.2, -0.15) is 13.2 Å². The predicted molar refractivity (Wildman–Crippen MR) is 49.8 cm³/mol. The quantitative estimate of drug-likeness (QED) is 0.708. The molecular weight excluding hydrogens is 207 g/mol. The van der Waals surface area contributed by atoms with E-state index in [2.05, 4.69) is 0 Å². The summed E-state index contributed by atoms with van der Waals surface area (Å²) in [5, 5.41) is 0. The van der Waals surface area contributed by atoms with Crippen LogP contribution in [0.3, 0.4) is 0 Å². The SMILES string of the molecule is NC(=O)/C=C/C1=CC=C(C(F)(F)F)CC1. The second kappa shape index (κ2) is 4.33. The molecule has 5 heteroatoms. The number of primary amides is 1. The molecule has 0 unspecified atom stereocenters. The van der Waals surface area contributed by atoms with Crippen molar-refractivity contribution in [2.24, 2.45) is 5.73 Å². The van der Waals surface area contributed by atoms with Gasteiger partial charge in [-0.3, -0.25) is 4.79 Å². The Morgan fingerprint density at radius 1 is 1.33 bits per heavy atom. The summed E-state index contributed by atoms with van der Waals surface area (Å²) < 4.78 is 36.6. The lowest BCUT2D eigenvalue weighted by Crippen LogP contribution is -2.13. The molecule has 0 atom stereocenters. The first-order valence-electron chi connectivity index (χ1n) is 4.34. The largest absolute Gasteiger partial charge is 0.412 e. The molecule has 2 nitrogen and oxygen atoms in total. The summed E-state index contributed by atoms with van der Waals surface area (Å²) in [6.07, 6.45) is 0.920. The van der Waals surface area contributed by atoms with Crippen LogP contribution < -0.4 is 5.73 Å². The number of rotatable bonds is 2. The maximum Gasteiger partial charge on any atom is 0.412 e.